The van der Waals surface area contributed by atoms with Gasteiger partial charge in [0.25, 0.3) is 0 Å². The molecule has 7 nitrogen and oxygen atoms in total. The van der Waals surface area contributed by atoms with Gasteiger partial charge in [-0.1, -0.05) is 29.8 Å². The molecular weight excluding hydrogens is 428 g/mol. The molecule has 0 fully saturated rings. The van der Waals surface area contributed by atoms with Crippen LogP contribution in [0.3, 0.4) is 0 Å². The fourth-order valence-electron chi connectivity index (χ4n) is 2.51. The molecule has 9 heteroatoms. The third-order valence-corrected chi connectivity index (χ3v) is 5.70. The van der Waals surface area contributed by atoms with E-state index in [9.17, 15) is 13.2 Å². The van der Waals surface area contributed by atoms with Crippen molar-refractivity contribution in [2.45, 2.75) is 11.4 Å². The van der Waals surface area contributed by atoms with Crippen LogP contribution >= 0.6 is 11.6 Å². The molecule has 0 bridgehead atoms. The van der Waals surface area contributed by atoms with Crippen molar-refractivity contribution < 1.29 is 22.4 Å². The number of hydrogen-bond acceptors (Lipinski definition) is 5. The van der Waals surface area contributed by atoms with Gasteiger partial charge in [0.15, 0.2) is 0 Å². The zero-order chi connectivity index (χ0) is 21.6. The van der Waals surface area contributed by atoms with Crippen LogP contribution in [0.2, 0.25) is 5.02 Å². The van der Waals surface area contributed by atoms with Gasteiger partial charge in [-0.3, -0.25) is 4.79 Å². The number of methoxy groups -OCH3 is 1. The fourth-order valence-corrected chi connectivity index (χ4v) is 3.79. The highest BCUT2D eigenvalue weighted by molar-refractivity contribution is 7.89. The first kappa shape index (κ1) is 21.6. The molecule has 0 aliphatic carbocycles. The molecule has 2 aromatic carbocycles. The van der Waals surface area contributed by atoms with Crippen molar-refractivity contribution in [3.8, 4) is 5.75 Å². The van der Waals surface area contributed by atoms with Crippen LogP contribution < -0.4 is 14.8 Å². The number of sulfonamides is 1. The third kappa shape index (κ3) is 5.73. The molecule has 0 aliphatic heterocycles. The van der Waals surface area contributed by atoms with Crippen LogP contribution in [0.25, 0.3) is 6.08 Å². The topological polar surface area (TPSA) is 97.6 Å². The summed E-state index contributed by atoms with van der Waals surface area (Å²) in [6, 6.07) is 16.2. The summed E-state index contributed by atoms with van der Waals surface area (Å²) in [5.41, 5.74) is 0.519. The third-order valence-electron chi connectivity index (χ3n) is 3.99. The van der Waals surface area contributed by atoms with Gasteiger partial charge >= 0.3 is 0 Å². The summed E-state index contributed by atoms with van der Waals surface area (Å²) >= 11 is 6.03. The number of amides is 1. The highest BCUT2D eigenvalue weighted by atomic mass is 35.5. The predicted molar refractivity (Wildman–Crippen MR) is 115 cm³/mol. The first-order valence-corrected chi connectivity index (χ1v) is 10.7. The Balaban J connectivity index is 1.56. The van der Waals surface area contributed by atoms with Crippen LogP contribution in [0.15, 0.2) is 76.1 Å². The van der Waals surface area contributed by atoms with Crippen LogP contribution in [-0.2, 0) is 21.4 Å². The molecule has 0 saturated carbocycles. The predicted octanol–water partition coefficient (Wildman–Crippen LogP) is 4.07. The number of halogens is 1. The van der Waals surface area contributed by atoms with Gasteiger partial charge < -0.3 is 14.5 Å². The van der Waals surface area contributed by atoms with Crippen LogP contribution in [0.5, 0.6) is 5.75 Å². The van der Waals surface area contributed by atoms with E-state index in [2.05, 4.69) is 10.0 Å². The maximum Gasteiger partial charge on any atom is 0.248 e. The van der Waals surface area contributed by atoms with Gasteiger partial charge in [0.2, 0.25) is 15.9 Å². The van der Waals surface area contributed by atoms with E-state index in [0.717, 1.165) is 0 Å². The molecule has 0 aliphatic rings. The number of furan rings is 1. The standard InChI is InChI=1S/C21H19ClN2O5S/c1-28-20-11-7-15(13-19(20)22)24-21(25)12-10-16-8-9-17(29-16)14-23-30(26,27)18-5-3-2-4-6-18/h2-13,23H,14H2,1H3,(H,24,25)/b12-10+. The molecule has 3 aromatic rings. The Bertz CT molecular complexity index is 1160. The van der Waals surface area contributed by atoms with Crippen LogP contribution in [0.1, 0.15) is 11.5 Å². The van der Waals surface area contributed by atoms with E-state index in [0.29, 0.717) is 28.0 Å². The second-order valence-corrected chi connectivity index (χ2v) is 8.29. The van der Waals surface area contributed by atoms with Crippen molar-refractivity contribution in [3.63, 3.8) is 0 Å². The normalized spacial score (nSPS) is 11.5. The number of hydrogen-bond donors (Lipinski definition) is 2. The van der Waals surface area contributed by atoms with Crippen molar-refractivity contribution in [3.05, 3.63) is 83.3 Å². The molecule has 0 atom stereocenters. The molecule has 2 N–H and O–H groups in total. The maximum atomic E-state index is 12.2. The SMILES string of the molecule is COc1ccc(NC(=O)/C=C/c2ccc(CNS(=O)(=O)c3ccccc3)o2)cc1Cl. The van der Waals surface area contributed by atoms with E-state index in [4.69, 9.17) is 20.8 Å². The van der Waals surface area contributed by atoms with E-state index in [1.54, 1.807) is 48.5 Å². The summed E-state index contributed by atoms with van der Waals surface area (Å²) in [4.78, 5) is 12.2. The molecule has 3 rings (SSSR count). The monoisotopic (exact) mass is 446 g/mol. The van der Waals surface area contributed by atoms with Crippen molar-refractivity contribution in [1.29, 1.82) is 0 Å². The number of carbonyl (C=O) groups excluding carboxylic acids is 1. The van der Waals surface area contributed by atoms with Crippen LogP contribution in [-0.4, -0.2) is 21.4 Å². The minimum Gasteiger partial charge on any atom is -0.495 e. The summed E-state index contributed by atoms with van der Waals surface area (Å²) in [7, 11) is -2.12. The highest BCUT2D eigenvalue weighted by Gasteiger charge is 2.13. The minimum absolute atomic E-state index is 0.0123. The smallest absolute Gasteiger partial charge is 0.248 e. The fraction of sp³-hybridized carbons (Fsp3) is 0.0952. The van der Waals surface area contributed by atoms with E-state index in [1.165, 1.54) is 31.4 Å². The van der Waals surface area contributed by atoms with E-state index in [-0.39, 0.29) is 17.3 Å². The Morgan fingerprint density at radius 3 is 2.60 bits per heavy atom. The molecule has 1 heterocycles. The Labute approximate surface area is 179 Å². The number of nitrogens with one attached hydrogen (secondary N) is 2. The highest BCUT2D eigenvalue weighted by Crippen LogP contribution is 2.27. The number of rotatable bonds is 8. The number of benzene rings is 2. The largest absolute Gasteiger partial charge is 0.495 e. The zero-order valence-corrected chi connectivity index (χ0v) is 17.5. The summed E-state index contributed by atoms with van der Waals surface area (Å²) in [5, 5.41) is 3.06. The molecular formula is C21H19ClN2O5S. The summed E-state index contributed by atoms with van der Waals surface area (Å²) in [6.45, 7) is -0.0123. The lowest BCUT2D eigenvalue weighted by atomic mass is 10.3. The second kappa shape index (κ2) is 9.62. The van der Waals surface area contributed by atoms with Gasteiger partial charge in [-0.15, -0.1) is 0 Å². The second-order valence-electron chi connectivity index (χ2n) is 6.11. The van der Waals surface area contributed by atoms with Gasteiger partial charge in [-0.2, -0.15) is 0 Å². The lowest BCUT2D eigenvalue weighted by Crippen LogP contribution is -2.22. The number of ether oxygens (including phenoxy) is 1. The lowest BCUT2D eigenvalue weighted by molar-refractivity contribution is -0.111. The van der Waals surface area contributed by atoms with Crippen molar-refractivity contribution in [2.24, 2.45) is 0 Å². The quantitative estimate of drug-likeness (QED) is 0.508. The summed E-state index contributed by atoms with van der Waals surface area (Å²) in [5.74, 6) is 0.957. The van der Waals surface area contributed by atoms with E-state index >= 15 is 0 Å². The Morgan fingerprint density at radius 2 is 1.90 bits per heavy atom. The number of carbonyl (C=O) groups is 1. The van der Waals surface area contributed by atoms with Gasteiger partial charge in [0.05, 0.1) is 23.6 Å². The van der Waals surface area contributed by atoms with Gasteiger partial charge in [-0.25, -0.2) is 13.1 Å². The minimum atomic E-state index is -3.63. The molecule has 0 saturated heterocycles. The van der Waals surface area contributed by atoms with Gasteiger partial charge in [0.1, 0.15) is 17.3 Å². The molecule has 1 aromatic heterocycles. The Morgan fingerprint density at radius 1 is 1.13 bits per heavy atom. The first-order valence-electron chi connectivity index (χ1n) is 8.83. The van der Waals surface area contributed by atoms with Crippen molar-refractivity contribution in [1.82, 2.24) is 4.72 Å². The van der Waals surface area contributed by atoms with Crippen LogP contribution in [0.4, 0.5) is 5.69 Å². The van der Waals surface area contributed by atoms with Crippen molar-refractivity contribution in [2.75, 3.05) is 12.4 Å². The lowest BCUT2D eigenvalue weighted by Gasteiger charge is -2.06. The van der Waals surface area contributed by atoms with E-state index in [1.807, 2.05) is 0 Å². The zero-order valence-electron chi connectivity index (χ0n) is 16.0. The first-order chi connectivity index (χ1) is 14.4. The average molecular weight is 447 g/mol. The van der Waals surface area contributed by atoms with Crippen molar-refractivity contribution >= 4 is 39.3 Å². The molecule has 0 unspecified atom stereocenters. The molecule has 156 valence electrons. The average Bonchev–Trinajstić information content (AvgIpc) is 3.20. The van der Waals surface area contributed by atoms with Crippen LogP contribution in [0, 0.1) is 0 Å². The molecule has 1 amide bonds. The Hall–Kier alpha value is -3.07. The number of anilines is 1. The van der Waals surface area contributed by atoms with Gasteiger partial charge in [-0.05, 0) is 48.5 Å². The van der Waals surface area contributed by atoms with E-state index < -0.39 is 10.0 Å². The molecule has 0 spiro atoms. The maximum absolute atomic E-state index is 12.2. The Kier molecular flexibility index (Phi) is 6.94. The molecule has 0 radical (unpaired) electrons. The molecule has 30 heavy (non-hydrogen) atoms. The van der Waals surface area contributed by atoms with Gasteiger partial charge in [0, 0.05) is 11.8 Å². The summed E-state index contributed by atoms with van der Waals surface area (Å²) in [6.07, 6.45) is 2.78. The summed E-state index contributed by atoms with van der Waals surface area (Å²) < 4.78 is 37.5.